The molecule has 0 unspecified atom stereocenters. The minimum atomic E-state index is -0.559. The maximum atomic E-state index is 13.1. The van der Waals surface area contributed by atoms with Gasteiger partial charge in [0.1, 0.15) is 6.04 Å². The van der Waals surface area contributed by atoms with Crippen molar-refractivity contribution in [2.24, 2.45) is 0 Å². The van der Waals surface area contributed by atoms with Crippen LogP contribution in [0, 0.1) is 0 Å². The molecular formula is C23H27ClN2O2S. The highest BCUT2D eigenvalue weighted by molar-refractivity contribution is 8.00. The van der Waals surface area contributed by atoms with E-state index in [4.69, 9.17) is 11.6 Å². The maximum absolute atomic E-state index is 13.1. The summed E-state index contributed by atoms with van der Waals surface area (Å²) >= 11 is 7.80. The van der Waals surface area contributed by atoms with Crippen LogP contribution in [0.4, 0.5) is 0 Å². The Morgan fingerprint density at radius 1 is 1.10 bits per heavy atom. The first-order chi connectivity index (χ1) is 14.0. The molecule has 1 aliphatic carbocycles. The highest BCUT2D eigenvalue weighted by Gasteiger charge is 2.28. The number of hydrogen-bond donors (Lipinski definition) is 1. The van der Waals surface area contributed by atoms with Gasteiger partial charge in [-0.15, -0.1) is 11.8 Å². The minimum absolute atomic E-state index is 0.0761. The summed E-state index contributed by atoms with van der Waals surface area (Å²) in [5.41, 5.74) is 0.841. The van der Waals surface area contributed by atoms with E-state index < -0.39 is 6.04 Å². The fourth-order valence-electron chi connectivity index (χ4n) is 3.53. The average Bonchev–Trinajstić information content (AvgIpc) is 3.24. The van der Waals surface area contributed by atoms with E-state index in [1.165, 1.54) is 11.8 Å². The van der Waals surface area contributed by atoms with Crippen molar-refractivity contribution in [3.8, 4) is 0 Å². The molecule has 0 aromatic heterocycles. The predicted octanol–water partition coefficient (Wildman–Crippen LogP) is 4.91. The van der Waals surface area contributed by atoms with E-state index >= 15 is 0 Å². The zero-order valence-corrected chi connectivity index (χ0v) is 18.2. The van der Waals surface area contributed by atoms with Crippen LogP contribution in [0.15, 0.2) is 59.5 Å². The predicted molar refractivity (Wildman–Crippen MR) is 119 cm³/mol. The van der Waals surface area contributed by atoms with Gasteiger partial charge < -0.3 is 10.2 Å². The Labute approximate surface area is 182 Å². The standard InChI is InChI=1S/C23H27ClN2O2S/c1-17(23(28)25-19-10-6-7-11-19)26(15-18-9-5-8-14-21(18)24)22(27)16-29-20-12-3-2-4-13-20/h2-5,8-9,12-14,17,19H,6-7,10-11,15-16H2,1H3,(H,25,28)/t17-/m0/s1. The molecule has 2 aromatic rings. The summed E-state index contributed by atoms with van der Waals surface area (Å²) in [4.78, 5) is 28.6. The van der Waals surface area contributed by atoms with Crippen molar-refractivity contribution in [3.05, 3.63) is 65.2 Å². The van der Waals surface area contributed by atoms with Crippen LogP contribution in [0.1, 0.15) is 38.2 Å². The van der Waals surface area contributed by atoms with E-state index in [-0.39, 0.29) is 23.6 Å². The first-order valence-electron chi connectivity index (χ1n) is 10.1. The van der Waals surface area contributed by atoms with Gasteiger partial charge in [-0.25, -0.2) is 0 Å². The number of rotatable bonds is 8. The van der Waals surface area contributed by atoms with Gasteiger partial charge in [0.15, 0.2) is 0 Å². The molecule has 0 spiro atoms. The molecule has 1 atom stereocenters. The number of carbonyl (C=O) groups excluding carboxylic acids is 2. The van der Waals surface area contributed by atoms with Crippen LogP contribution >= 0.6 is 23.4 Å². The van der Waals surface area contributed by atoms with Crippen LogP contribution in [0.2, 0.25) is 5.02 Å². The Morgan fingerprint density at radius 2 is 1.76 bits per heavy atom. The summed E-state index contributed by atoms with van der Waals surface area (Å²) in [6.07, 6.45) is 4.33. The molecule has 4 nitrogen and oxygen atoms in total. The second-order valence-electron chi connectivity index (χ2n) is 7.38. The Bertz CT molecular complexity index is 825. The second kappa shape index (κ2) is 10.7. The van der Waals surface area contributed by atoms with Crippen LogP contribution in [0.3, 0.4) is 0 Å². The average molecular weight is 431 g/mol. The topological polar surface area (TPSA) is 49.4 Å². The summed E-state index contributed by atoms with van der Waals surface area (Å²) in [6, 6.07) is 16.9. The van der Waals surface area contributed by atoms with E-state index in [9.17, 15) is 9.59 Å². The molecule has 29 heavy (non-hydrogen) atoms. The lowest BCUT2D eigenvalue weighted by molar-refractivity contribution is -0.138. The quantitative estimate of drug-likeness (QED) is 0.605. The van der Waals surface area contributed by atoms with Crippen molar-refractivity contribution in [2.75, 3.05) is 5.75 Å². The Kier molecular flexibility index (Phi) is 8.01. The smallest absolute Gasteiger partial charge is 0.242 e. The molecular weight excluding hydrogens is 404 g/mol. The molecule has 0 saturated heterocycles. The van der Waals surface area contributed by atoms with Gasteiger partial charge in [-0.3, -0.25) is 9.59 Å². The lowest BCUT2D eigenvalue weighted by Crippen LogP contribution is -2.50. The second-order valence-corrected chi connectivity index (χ2v) is 8.84. The van der Waals surface area contributed by atoms with E-state index in [2.05, 4.69) is 5.32 Å². The number of thioether (sulfide) groups is 1. The molecule has 0 radical (unpaired) electrons. The number of halogens is 1. The van der Waals surface area contributed by atoms with Crippen molar-refractivity contribution in [3.63, 3.8) is 0 Å². The van der Waals surface area contributed by atoms with Crippen LogP contribution < -0.4 is 5.32 Å². The van der Waals surface area contributed by atoms with E-state index in [1.54, 1.807) is 11.8 Å². The third-order valence-electron chi connectivity index (χ3n) is 5.27. The van der Waals surface area contributed by atoms with Gasteiger partial charge in [0.05, 0.1) is 5.75 Å². The molecule has 0 bridgehead atoms. The number of carbonyl (C=O) groups is 2. The lowest BCUT2D eigenvalue weighted by atomic mass is 10.1. The number of hydrogen-bond acceptors (Lipinski definition) is 3. The molecule has 0 heterocycles. The maximum Gasteiger partial charge on any atom is 0.242 e. The zero-order chi connectivity index (χ0) is 20.6. The number of nitrogens with one attached hydrogen (secondary N) is 1. The number of benzene rings is 2. The summed E-state index contributed by atoms with van der Waals surface area (Å²) < 4.78 is 0. The molecule has 1 fully saturated rings. The van der Waals surface area contributed by atoms with Gasteiger partial charge in [0, 0.05) is 22.5 Å². The SMILES string of the molecule is C[C@@H](C(=O)NC1CCCC1)N(Cc1ccccc1Cl)C(=O)CSc1ccccc1. The molecule has 154 valence electrons. The summed E-state index contributed by atoms with van der Waals surface area (Å²) in [6.45, 7) is 2.11. The van der Waals surface area contributed by atoms with Gasteiger partial charge in [0.25, 0.3) is 0 Å². The fraction of sp³-hybridized carbons (Fsp3) is 0.391. The van der Waals surface area contributed by atoms with Gasteiger partial charge >= 0.3 is 0 Å². The van der Waals surface area contributed by atoms with Crippen molar-refractivity contribution in [2.45, 2.75) is 56.1 Å². The van der Waals surface area contributed by atoms with E-state index in [0.29, 0.717) is 11.6 Å². The molecule has 3 rings (SSSR count). The van der Waals surface area contributed by atoms with E-state index in [1.807, 2.05) is 54.6 Å². The van der Waals surface area contributed by atoms with E-state index in [0.717, 1.165) is 36.1 Å². The monoisotopic (exact) mass is 430 g/mol. The third-order valence-corrected chi connectivity index (χ3v) is 6.64. The first-order valence-corrected chi connectivity index (χ1v) is 11.4. The summed E-state index contributed by atoms with van der Waals surface area (Å²) in [7, 11) is 0. The van der Waals surface area contributed by atoms with Crippen LogP contribution in [-0.4, -0.2) is 34.6 Å². The summed E-state index contributed by atoms with van der Waals surface area (Å²) in [5.74, 6) is 0.102. The first kappa shape index (κ1) is 21.7. The molecule has 6 heteroatoms. The van der Waals surface area contributed by atoms with Crippen molar-refractivity contribution in [1.29, 1.82) is 0 Å². The molecule has 2 aromatic carbocycles. The van der Waals surface area contributed by atoms with Gasteiger partial charge in [-0.2, -0.15) is 0 Å². The zero-order valence-electron chi connectivity index (χ0n) is 16.6. The fourth-order valence-corrected chi connectivity index (χ4v) is 4.53. The van der Waals surface area contributed by atoms with Crippen molar-refractivity contribution < 1.29 is 9.59 Å². The molecule has 1 N–H and O–H groups in total. The van der Waals surface area contributed by atoms with Crippen LogP contribution in [0.5, 0.6) is 0 Å². The molecule has 1 saturated carbocycles. The largest absolute Gasteiger partial charge is 0.352 e. The highest BCUT2D eigenvalue weighted by Crippen LogP contribution is 2.23. The Balaban J connectivity index is 1.71. The normalized spacial score (nSPS) is 15.1. The highest BCUT2D eigenvalue weighted by atomic mass is 35.5. The van der Waals surface area contributed by atoms with Crippen molar-refractivity contribution >= 4 is 35.2 Å². The van der Waals surface area contributed by atoms with Gasteiger partial charge in [-0.1, -0.05) is 60.8 Å². The number of amides is 2. The summed E-state index contributed by atoms with van der Waals surface area (Å²) in [5, 5.41) is 3.72. The van der Waals surface area contributed by atoms with Crippen LogP contribution in [0.25, 0.3) is 0 Å². The number of nitrogens with zero attached hydrogens (tertiary/aromatic N) is 1. The van der Waals surface area contributed by atoms with Crippen molar-refractivity contribution in [1.82, 2.24) is 10.2 Å². The van der Waals surface area contributed by atoms with Crippen LogP contribution in [-0.2, 0) is 16.1 Å². The molecule has 2 amide bonds. The molecule has 0 aliphatic heterocycles. The minimum Gasteiger partial charge on any atom is -0.352 e. The van der Waals surface area contributed by atoms with Gasteiger partial charge in [-0.05, 0) is 43.5 Å². The van der Waals surface area contributed by atoms with Gasteiger partial charge in [0.2, 0.25) is 11.8 Å². The third kappa shape index (κ3) is 6.25. The molecule has 1 aliphatic rings. The lowest BCUT2D eigenvalue weighted by Gasteiger charge is -2.30. The Hall–Kier alpha value is -1.98. The Morgan fingerprint density at radius 3 is 2.45 bits per heavy atom.